The molecule has 0 aliphatic rings. The Morgan fingerprint density at radius 3 is 2.20 bits per heavy atom. The maximum Gasteiger partial charge on any atom is 0.331 e. The van der Waals surface area contributed by atoms with E-state index in [2.05, 4.69) is 9.46 Å². The van der Waals surface area contributed by atoms with Crippen LogP contribution < -0.4 is 4.72 Å². The van der Waals surface area contributed by atoms with E-state index in [4.69, 9.17) is 4.74 Å². The van der Waals surface area contributed by atoms with Gasteiger partial charge in [-0.2, -0.15) is 0 Å². The molecule has 0 saturated heterocycles. The van der Waals surface area contributed by atoms with Gasteiger partial charge in [0, 0.05) is 18.7 Å². The van der Waals surface area contributed by atoms with Crippen LogP contribution in [0, 0.1) is 0 Å². The van der Waals surface area contributed by atoms with Crippen molar-refractivity contribution in [1.29, 1.82) is 0 Å². The fourth-order valence-corrected chi connectivity index (χ4v) is 1.76. The van der Waals surface area contributed by atoms with Crippen molar-refractivity contribution in [2.45, 2.75) is 32.4 Å². The predicted molar refractivity (Wildman–Crippen MR) is 73.4 cm³/mol. The lowest BCUT2D eigenvalue weighted by Gasteiger charge is -2.09. The second kappa shape index (κ2) is 9.49. The first-order valence-electron chi connectivity index (χ1n) is 6.29. The van der Waals surface area contributed by atoms with Gasteiger partial charge in [0.25, 0.3) is 0 Å². The third-order valence-electron chi connectivity index (χ3n) is 2.13. The van der Waals surface area contributed by atoms with Crippen LogP contribution in [0.25, 0.3) is 0 Å². The molecule has 0 atom stereocenters. The minimum absolute atomic E-state index is 0.0621. The van der Waals surface area contributed by atoms with Crippen molar-refractivity contribution in [3.8, 4) is 0 Å². The van der Waals surface area contributed by atoms with Crippen LogP contribution in [-0.4, -0.2) is 45.4 Å². The monoisotopic (exact) mass is 307 g/mol. The summed E-state index contributed by atoms with van der Waals surface area (Å²) in [4.78, 5) is 22.1. The van der Waals surface area contributed by atoms with E-state index in [1.54, 1.807) is 20.8 Å². The molecular weight excluding hydrogens is 286 g/mol. The minimum Gasteiger partial charge on any atom is -0.463 e. The summed E-state index contributed by atoms with van der Waals surface area (Å²) < 4.78 is 34.5. The van der Waals surface area contributed by atoms with Crippen molar-refractivity contribution in [3.05, 3.63) is 12.2 Å². The van der Waals surface area contributed by atoms with Gasteiger partial charge in [0.1, 0.15) is 0 Å². The summed E-state index contributed by atoms with van der Waals surface area (Å²) in [5.41, 5.74) is 0. The standard InChI is InChI=1S/C12H21NO6S/c1-4-18-11(14)6-7-12(15)19-9-5-8-13-20(16,17)10(2)3/h6-7,10,13H,4-5,8-9H2,1-3H3/b7-6+. The van der Waals surface area contributed by atoms with Crippen molar-refractivity contribution < 1.29 is 27.5 Å². The third kappa shape index (κ3) is 8.65. The molecule has 0 bridgehead atoms. The summed E-state index contributed by atoms with van der Waals surface area (Å²) in [6.45, 7) is 5.28. The fraction of sp³-hybridized carbons (Fsp3) is 0.667. The Kier molecular flexibility index (Phi) is 8.82. The van der Waals surface area contributed by atoms with Gasteiger partial charge in [-0.05, 0) is 27.2 Å². The molecule has 8 heteroatoms. The Hall–Kier alpha value is -1.41. The molecule has 0 aliphatic carbocycles. The van der Waals surface area contributed by atoms with E-state index in [1.165, 1.54) is 0 Å². The summed E-state index contributed by atoms with van der Waals surface area (Å²) in [5, 5.41) is -0.502. The van der Waals surface area contributed by atoms with Gasteiger partial charge in [-0.3, -0.25) is 0 Å². The Balaban J connectivity index is 3.81. The molecule has 0 aromatic rings. The van der Waals surface area contributed by atoms with E-state index in [9.17, 15) is 18.0 Å². The van der Waals surface area contributed by atoms with Gasteiger partial charge in [0.15, 0.2) is 0 Å². The fourth-order valence-electron chi connectivity index (χ4n) is 1.00. The Morgan fingerprint density at radius 1 is 1.15 bits per heavy atom. The topological polar surface area (TPSA) is 98.8 Å². The van der Waals surface area contributed by atoms with Crippen LogP contribution in [0.4, 0.5) is 0 Å². The van der Waals surface area contributed by atoms with Crippen molar-refractivity contribution >= 4 is 22.0 Å². The lowest BCUT2D eigenvalue weighted by molar-refractivity contribution is -0.140. The van der Waals surface area contributed by atoms with Gasteiger partial charge < -0.3 is 9.47 Å². The van der Waals surface area contributed by atoms with E-state index in [0.717, 1.165) is 12.2 Å². The number of carbonyl (C=O) groups excluding carboxylic acids is 2. The number of esters is 2. The van der Waals surface area contributed by atoms with E-state index < -0.39 is 27.2 Å². The summed E-state index contributed by atoms with van der Waals surface area (Å²) >= 11 is 0. The normalized spacial score (nSPS) is 11.8. The Morgan fingerprint density at radius 2 is 1.70 bits per heavy atom. The van der Waals surface area contributed by atoms with Crippen molar-refractivity contribution in [2.24, 2.45) is 0 Å². The van der Waals surface area contributed by atoms with Gasteiger partial charge >= 0.3 is 11.9 Å². The zero-order chi connectivity index (χ0) is 15.6. The summed E-state index contributed by atoms with van der Waals surface area (Å²) in [6, 6.07) is 0. The number of rotatable bonds is 9. The highest BCUT2D eigenvalue weighted by atomic mass is 32.2. The highest BCUT2D eigenvalue weighted by Crippen LogP contribution is 1.96. The lowest BCUT2D eigenvalue weighted by atomic mass is 10.4. The zero-order valence-corrected chi connectivity index (χ0v) is 12.7. The summed E-state index contributed by atoms with van der Waals surface area (Å²) in [5.74, 6) is -1.29. The van der Waals surface area contributed by atoms with E-state index in [-0.39, 0.29) is 19.8 Å². The predicted octanol–water partition coefficient (Wildman–Crippen LogP) is 0.367. The zero-order valence-electron chi connectivity index (χ0n) is 11.9. The maximum absolute atomic E-state index is 11.4. The number of hydrogen-bond acceptors (Lipinski definition) is 6. The number of sulfonamides is 1. The minimum atomic E-state index is -3.29. The van der Waals surface area contributed by atoms with Crippen molar-refractivity contribution in [2.75, 3.05) is 19.8 Å². The number of carbonyl (C=O) groups is 2. The summed E-state index contributed by atoms with van der Waals surface area (Å²) in [6.07, 6.45) is 2.30. The molecule has 0 unspecified atom stereocenters. The Bertz CT molecular complexity index is 441. The highest BCUT2D eigenvalue weighted by Gasteiger charge is 2.14. The van der Waals surface area contributed by atoms with Crippen LogP contribution in [-0.2, 0) is 29.1 Å². The van der Waals surface area contributed by atoms with Crippen LogP contribution in [0.2, 0.25) is 0 Å². The number of nitrogens with one attached hydrogen (secondary N) is 1. The van der Waals surface area contributed by atoms with Gasteiger partial charge in [-0.1, -0.05) is 0 Å². The molecule has 0 aliphatic heterocycles. The maximum atomic E-state index is 11.4. The van der Waals surface area contributed by atoms with E-state index in [0.29, 0.717) is 6.42 Å². The second-order valence-electron chi connectivity index (χ2n) is 4.09. The molecule has 0 rings (SSSR count). The van der Waals surface area contributed by atoms with Crippen molar-refractivity contribution in [1.82, 2.24) is 4.72 Å². The molecule has 0 aromatic carbocycles. The van der Waals surface area contributed by atoms with E-state index >= 15 is 0 Å². The second-order valence-corrected chi connectivity index (χ2v) is 6.42. The molecule has 0 spiro atoms. The van der Waals surface area contributed by atoms with Gasteiger partial charge in [-0.25, -0.2) is 22.7 Å². The molecule has 0 amide bonds. The quantitative estimate of drug-likeness (QED) is 0.375. The van der Waals surface area contributed by atoms with Crippen LogP contribution in [0.15, 0.2) is 12.2 Å². The van der Waals surface area contributed by atoms with Crippen molar-refractivity contribution in [3.63, 3.8) is 0 Å². The lowest BCUT2D eigenvalue weighted by Crippen LogP contribution is -2.32. The largest absolute Gasteiger partial charge is 0.463 e. The SMILES string of the molecule is CCOC(=O)/C=C/C(=O)OCCCNS(=O)(=O)C(C)C. The smallest absolute Gasteiger partial charge is 0.331 e. The van der Waals surface area contributed by atoms with Gasteiger partial charge in [0.2, 0.25) is 10.0 Å². The highest BCUT2D eigenvalue weighted by molar-refractivity contribution is 7.90. The van der Waals surface area contributed by atoms with Crippen LogP contribution in [0.3, 0.4) is 0 Å². The number of ether oxygens (including phenoxy) is 2. The average molecular weight is 307 g/mol. The average Bonchev–Trinajstić information content (AvgIpc) is 2.36. The first-order chi connectivity index (χ1) is 9.29. The molecule has 20 heavy (non-hydrogen) atoms. The molecule has 0 radical (unpaired) electrons. The van der Waals surface area contributed by atoms with Gasteiger partial charge in [-0.15, -0.1) is 0 Å². The van der Waals surface area contributed by atoms with Gasteiger partial charge in [0.05, 0.1) is 18.5 Å². The molecule has 0 aromatic heterocycles. The molecule has 7 nitrogen and oxygen atoms in total. The molecule has 116 valence electrons. The molecule has 0 heterocycles. The van der Waals surface area contributed by atoms with E-state index in [1.807, 2.05) is 0 Å². The first-order valence-corrected chi connectivity index (χ1v) is 7.84. The third-order valence-corrected chi connectivity index (χ3v) is 3.98. The van der Waals surface area contributed by atoms with Crippen LogP contribution in [0.5, 0.6) is 0 Å². The molecule has 1 N–H and O–H groups in total. The molecule has 0 fully saturated rings. The Labute approximate surface area is 119 Å². The van der Waals surface area contributed by atoms with Crippen LogP contribution in [0.1, 0.15) is 27.2 Å². The summed E-state index contributed by atoms with van der Waals surface area (Å²) in [7, 11) is -3.29. The molecular formula is C12H21NO6S. The molecule has 0 saturated carbocycles. The van der Waals surface area contributed by atoms with Crippen LogP contribution >= 0.6 is 0 Å². The number of hydrogen-bond donors (Lipinski definition) is 1. The first kappa shape index (κ1) is 18.6.